The second-order valence-corrected chi connectivity index (χ2v) is 9.67. The van der Waals surface area contributed by atoms with Crippen LogP contribution in [0.25, 0.3) is 6.08 Å². The third kappa shape index (κ3) is 3.86. The predicted molar refractivity (Wildman–Crippen MR) is 122 cm³/mol. The zero-order valence-corrected chi connectivity index (χ0v) is 19.1. The van der Waals surface area contributed by atoms with Gasteiger partial charge >= 0.3 is 0 Å². The quantitative estimate of drug-likeness (QED) is 0.541. The predicted octanol–water partition coefficient (Wildman–Crippen LogP) is 3.36. The molecule has 8 heteroatoms. The number of carbonyl (C=O) groups excluding carboxylic acids is 1. The molecule has 2 unspecified atom stereocenters. The van der Waals surface area contributed by atoms with E-state index in [0.29, 0.717) is 33.2 Å². The number of hydrogen-bond donors (Lipinski definition) is 0. The summed E-state index contributed by atoms with van der Waals surface area (Å²) in [5.41, 5.74) is 1.24. The summed E-state index contributed by atoms with van der Waals surface area (Å²) in [4.78, 5) is 29.8. The molecule has 1 aromatic rings. The fourth-order valence-corrected chi connectivity index (χ4v) is 5.45. The third-order valence-electron chi connectivity index (χ3n) is 5.59. The summed E-state index contributed by atoms with van der Waals surface area (Å²) in [5.74, 6) is 1.64. The maximum atomic E-state index is 13.0. The molecule has 0 bridgehead atoms. The van der Waals surface area contributed by atoms with Crippen molar-refractivity contribution in [3.8, 4) is 6.07 Å². The van der Waals surface area contributed by atoms with Crippen molar-refractivity contribution in [1.29, 1.82) is 5.26 Å². The number of thioether (sulfide) groups is 1. The number of carbonyl (C=O) groups is 1. The highest BCUT2D eigenvalue weighted by atomic mass is 32.2. The van der Waals surface area contributed by atoms with Crippen LogP contribution in [-0.2, 0) is 11.3 Å². The van der Waals surface area contributed by atoms with Gasteiger partial charge in [0.25, 0.3) is 11.5 Å². The van der Waals surface area contributed by atoms with Crippen molar-refractivity contribution in [3.63, 3.8) is 0 Å². The lowest BCUT2D eigenvalue weighted by atomic mass is 9.91. The van der Waals surface area contributed by atoms with E-state index in [9.17, 15) is 14.9 Å². The highest BCUT2D eigenvalue weighted by Crippen LogP contribution is 2.36. The summed E-state index contributed by atoms with van der Waals surface area (Å²) in [5, 5.41) is 9.63. The highest BCUT2D eigenvalue weighted by Gasteiger charge is 2.32. The van der Waals surface area contributed by atoms with Gasteiger partial charge in [0.2, 0.25) is 0 Å². The summed E-state index contributed by atoms with van der Waals surface area (Å²) >= 11 is 6.51. The van der Waals surface area contributed by atoms with Crippen molar-refractivity contribution < 1.29 is 4.79 Å². The number of likely N-dealkylation sites (N-methyl/N-ethyl adjacent to an activating group) is 1. The zero-order chi connectivity index (χ0) is 21.5. The summed E-state index contributed by atoms with van der Waals surface area (Å²) in [6.07, 6.45) is 2.95. The summed E-state index contributed by atoms with van der Waals surface area (Å²) in [7, 11) is 1.66. The van der Waals surface area contributed by atoms with Crippen LogP contribution in [0.2, 0.25) is 0 Å². The highest BCUT2D eigenvalue weighted by molar-refractivity contribution is 8.26. The second-order valence-electron chi connectivity index (χ2n) is 7.99. The summed E-state index contributed by atoms with van der Waals surface area (Å²) in [6, 6.07) is 2.07. The van der Waals surface area contributed by atoms with Crippen LogP contribution in [0.3, 0.4) is 0 Å². The number of anilines is 1. The zero-order valence-electron chi connectivity index (χ0n) is 17.5. The van der Waals surface area contributed by atoms with E-state index in [4.69, 9.17) is 12.2 Å². The molecule has 0 spiro atoms. The summed E-state index contributed by atoms with van der Waals surface area (Å²) < 4.78 is 2.18. The van der Waals surface area contributed by atoms with Crippen LogP contribution in [-0.4, -0.2) is 39.8 Å². The molecule has 3 heterocycles. The van der Waals surface area contributed by atoms with Gasteiger partial charge in [-0.15, -0.1) is 0 Å². The van der Waals surface area contributed by atoms with Crippen LogP contribution < -0.4 is 10.5 Å². The molecule has 0 aliphatic carbocycles. The lowest BCUT2D eigenvalue weighted by Crippen LogP contribution is -2.42. The minimum Gasteiger partial charge on any atom is -0.357 e. The van der Waals surface area contributed by atoms with E-state index in [1.54, 1.807) is 18.5 Å². The topological polar surface area (TPSA) is 69.3 Å². The molecule has 6 nitrogen and oxygen atoms in total. The number of amides is 1. The molecule has 2 aliphatic rings. The molecule has 0 radical (unpaired) electrons. The Hall–Kier alpha value is -2.11. The standard InChI is InChI=1S/C21H26N4O2S2/c1-6-25-18(24-10-12(2)7-13(3)11-24)15(14(4)16(9-22)19(25)26)8-17-20(27)23(5)21(28)29-17/h8,12-13H,6-7,10-11H2,1-5H3. The van der Waals surface area contributed by atoms with E-state index in [0.717, 1.165) is 30.9 Å². The lowest BCUT2D eigenvalue weighted by molar-refractivity contribution is -0.121. The maximum absolute atomic E-state index is 13.0. The van der Waals surface area contributed by atoms with Gasteiger partial charge in [0, 0.05) is 32.2 Å². The molecule has 2 saturated heterocycles. The van der Waals surface area contributed by atoms with Crippen LogP contribution in [0.4, 0.5) is 5.82 Å². The number of nitrogens with zero attached hydrogens (tertiary/aromatic N) is 4. The Morgan fingerprint density at radius 2 is 1.90 bits per heavy atom. The molecular formula is C21H26N4O2S2. The van der Waals surface area contributed by atoms with Gasteiger partial charge in [0.15, 0.2) is 0 Å². The fourth-order valence-electron chi connectivity index (χ4n) is 4.29. The van der Waals surface area contributed by atoms with E-state index in [2.05, 4.69) is 24.8 Å². The molecule has 154 valence electrons. The molecule has 2 aliphatic heterocycles. The van der Waals surface area contributed by atoms with E-state index < -0.39 is 0 Å². The van der Waals surface area contributed by atoms with Gasteiger partial charge < -0.3 is 4.90 Å². The number of rotatable bonds is 3. The first-order valence-corrected chi connectivity index (χ1v) is 11.1. The Morgan fingerprint density at radius 1 is 1.28 bits per heavy atom. The van der Waals surface area contributed by atoms with Crippen LogP contribution in [0.5, 0.6) is 0 Å². The van der Waals surface area contributed by atoms with Crippen LogP contribution >= 0.6 is 24.0 Å². The van der Waals surface area contributed by atoms with Crippen molar-refractivity contribution in [2.75, 3.05) is 25.0 Å². The molecule has 2 atom stereocenters. The van der Waals surface area contributed by atoms with Gasteiger partial charge in [-0.3, -0.25) is 19.1 Å². The molecular weight excluding hydrogens is 404 g/mol. The Kier molecular flexibility index (Phi) is 6.20. The number of pyridine rings is 1. The monoisotopic (exact) mass is 430 g/mol. The van der Waals surface area contributed by atoms with Gasteiger partial charge in [-0.1, -0.05) is 37.8 Å². The van der Waals surface area contributed by atoms with Gasteiger partial charge in [-0.05, 0) is 43.7 Å². The van der Waals surface area contributed by atoms with Gasteiger partial charge in [-0.2, -0.15) is 5.26 Å². The average molecular weight is 431 g/mol. The van der Waals surface area contributed by atoms with E-state index >= 15 is 0 Å². The molecule has 0 aromatic carbocycles. The van der Waals surface area contributed by atoms with Crippen LogP contribution in [0.1, 0.15) is 43.9 Å². The lowest BCUT2D eigenvalue weighted by Gasteiger charge is -2.38. The first-order valence-electron chi connectivity index (χ1n) is 9.83. The molecule has 29 heavy (non-hydrogen) atoms. The van der Waals surface area contributed by atoms with E-state index in [1.165, 1.54) is 16.7 Å². The number of thiocarbonyl (C=S) groups is 1. The number of piperidine rings is 1. The minimum absolute atomic E-state index is 0.131. The summed E-state index contributed by atoms with van der Waals surface area (Å²) in [6.45, 7) is 10.3. The molecule has 1 amide bonds. The Balaban J connectivity index is 2.29. The first kappa shape index (κ1) is 21.6. The van der Waals surface area contributed by atoms with Crippen molar-refractivity contribution >= 4 is 46.1 Å². The van der Waals surface area contributed by atoms with Gasteiger partial charge in [-0.25, -0.2) is 0 Å². The van der Waals surface area contributed by atoms with E-state index in [1.807, 2.05) is 13.0 Å². The van der Waals surface area contributed by atoms with Crippen LogP contribution in [0.15, 0.2) is 9.70 Å². The molecule has 1 aromatic heterocycles. The Morgan fingerprint density at radius 3 is 2.38 bits per heavy atom. The third-order valence-corrected chi connectivity index (χ3v) is 7.08. The number of hydrogen-bond acceptors (Lipinski definition) is 6. The number of aromatic nitrogens is 1. The fraction of sp³-hybridized carbons (Fsp3) is 0.524. The smallest absolute Gasteiger partial charge is 0.270 e. The average Bonchev–Trinajstić information content (AvgIpc) is 2.90. The van der Waals surface area contributed by atoms with Gasteiger partial charge in [0.1, 0.15) is 21.8 Å². The largest absolute Gasteiger partial charge is 0.357 e. The normalized spacial score (nSPS) is 23.8. The Bertz CT molecular complexity index is 995. The molecule has 2 fully saturated rings. The minimum atomic E-state index is -0.270. The molecule has 0 N–H and O–H groups in total. The number of nitriles is 1. The second kappa shape index (κ2) is 8.33. The van der Waals surface area contributed by atoms with Crippen molar-refractivity contribution in [2.24, 2.45) is 11.8 Å². The van der Waals surface area contributed by atoms with Crippen molar-refractivity contribution in [3.05, 3.63) is 31.9 Å². The first-order chi connectivity index (χ1) is 13.7. The van der Waals surface area contributed by atoms with E-state index in [-0.39, 0.29) is 17.0 Å². The maximum Gasteiger partial charge on any atom is 0.270 e. The Labute approximate surface area is 181 Å². The molecule has 3 rings (SSSR count). The van der Waals surface area contributed by atoms with Crippen molar-refractivity contribution in [2.45, 2.75) is 40.7 Å². The molecule has 0 saturated carbocycles. The van der Waals surface area contributed by atoms with Gasteiger partial charge in [0.05, 0.1) is 4.91 Å². The SMILES string of the molecule is CCn1c(N2CC(C)CC(C)C2)c(C=C2SC(=S)N(C)C2=O)c(C)c(C#N)c1=O. The van der Waals surface area contributed by atoms with Crippen LogP contribution in [0, 0.1) is 30.1 Å². The van der Waals surface area contributed by atoms with Crippen molar-refractivity contribution in [1.82, 2.24) is 9.47 Å².